The van der Waals surface area contributed by atoms with Crippen LogP contribution in [0.2, 0.25) is 0 Å². The molecule has 0 spiro atoms. The molecule has 1 aromatic carbocycles. The van der Waals surface area contributed by atoms with Gasteiger partial charge in [0.15, 0.2) is 5.69 Å². The third-order valence-electron chi connectivity index (χ3n) is 3.06. The van der Waals surface area contributed by atoms with E-state index in [-0.39, 0.29) is 18.3 Å². The minimum Gasteiger partial charge on any atom is -0.494 e. The third-order valence-corrected chi connectivity index (χ3v) is 3.06. The molecule has 0 unspecified atom stereocenters. The minimum absolute atomic E-state index is 0. The van der Waals surface area contributed by atoms with E-state index in [0.717, 1.165) is 17.8 Å². The average molecular weight is 325 g/mol. The van der Waals surface area contributed by atoms with Gasteiger partial charge in [0.1, 0.15) is 11.4 Å². The molecule has 0 aliphatic heterocycles. The summed E-state index contributed by atoms with van der Waals surface area (Å²) < 4.78 is 6.99. The lowest BCUT2D eigenvalue weighted by Crippen LogP contribution is -2.30. The van der Waals surface area contributed by atoms with Crippen LogP contribution in [-0.2, 0) is 0 Å². The summed E-state index contributed by atoms with van der Waals surface area (Å²) in [6, 6.07) is 7.52. The van der Waals surface area contributed by atoms with E-state index >= 15 is 0 Å². The van der Waals surface area contributed by atoms with Gasteiger partial charge in [-0.15, -0.1) is 12.4 Å². The van der Waals surface area contributed by atoms with E-state index in [2.05, 4.69) is 15.7 Å². The molecule has 0 aliphatic rings. The summed E-state index contributed by atoms with van der Waals surface area (Å²) >= 11 is 0. The molecule has 0 saturated heterocycles. The average Bonchev–Trinajstić information content (AvgIpc) is 2.97. The van der Waals surface area contributed by atoms with Crippen LogP contribution in [0.5, 0.6) is 5.75 Å². The smallest absolute Gasteiger partial charge is 0.271 e. The number of methoxy groups -OCH3 is 1. The van der Waals surface area contributed by atoms with E-state index in [1.54, 1.807) is 24.1 Å². The maximum Gasteiger partial charge on any atom is 0.271 e. The van der Waals surface area contributed by atoms with Crippen LogP contribution in [0.25, 0.3) is 5.69 Å². The zero-order valence-corrected chi connectivity index (χ0v) is 13.7. The number of aryl methyl sites for hydroxylation is 1. The molecule has 0 fully saturated rings. The zero-order chi connectivity index (χ0) is 15.2. The van der Waals surface area contributed by atoms with Crippen LogP contribution in [0, 0.1) is 6.92 Å². The Labute approximate surface area is 136 Å². The lowest BCUT2D eigenvalue weighted by molar-refractivity contribution is 0.0948. The fourth-order valence-electron chi connectivity index (χ4n) is 1.95. The minimum atomic E-state index is -0.185. The number of amides is 1. The molecule has 0 bridgehead atoms. The fraction of sp³-hybridized carbons (Fsp3) is 0.333. The Hall–Kier alpha value is -2.05. The molecule has 2 N–H and O–H groups in total. The van der Waals surface area contributed by atoms with Gasteiger partial charge in [0.25, 0.3) is 5.91 Å². The predicted octanol–water partition coefficient (Wildman–Crippen LogP) is 1.56. The lowest BCUT2D eigenvalue weighted by atomic mass is 10.2. The first-order valence-electron chi connectivity index (χ1n) is 6.79. The molecular formula is C15H21ClN4O2. The van der Waals surface area contributed by atoms with Crippen molar-refractivity contribution in [2.45, 2.75) is 6.92 Å². The number of carbonyl (C=O) groups excluding carboxylic acids is 1. The Morgan fingerprint density at radius 3 is 2.77 bits per heavy atom. The number of halogens is 1. The van der Waals surface area contributed by atoms with Crippen LogP contribution in [0.15, 0.2) is 30.5 Å². The maximum absolute atomic E-state index is 11.9. The van der Waals surface area contributed by atoms with Gasteiger partial charge in [-0.1, -0.05) is 6.07 Å². The molecule has 1 amide bonds. The first kappa shape index (κ1) is 18.0. The Balaban J connectivity index is 0.00000242. The number of ether oxygens (including phenoxy) is 1. The summed E-state index contributed by atoms with van der Waals surface area (Å²) in [5.41, 5.74) is 2.29. The Kier molecular flexibility index (Phi) is 6.88. The van der Waals surface area contributed by atoms with Crippen molar-refractivity contribution < 1.29 is 9.53 Å². The molecule has 1 aromatic heterocycles. The number of benzene rings is 1. The maximum atomic E-state index is 11.9. The van der Waals surface area contributed by atoms with Gasteiger partial charge in [0.2, 0.25) is 0 Å². The number of aromatic nitrogens is 2. The summed E-state index contributed by atoms with van der Waals surface area (Å²) in [7, 11) is 3.45. The van der Waals surface area contributed by atoms with E-state index in [1.165, 1.54) is 0 Å². The van der Waals surface area contributed by atoms with Crippen LogP contribution in [0.1, 0.15) is 16.1 Å². The summed E-state index contributed by atoms with van der Waals surface area (Å²) in [4.78, 5) is 11.9. The van der Waals surface area contributed by atoms with Crippen molar-refractivity contribution in [2.75, 3.05) is 27.2 Å². The molecule has 0 aliphatic carbocycles. The Morgan fingerprint density at radius 1 is 1.32 bits per heavy atom. The van der Waals surface area contributed by atoms with Crippen molar-refractivity contribution in [3.8, 4) is 11.4 Å². The summed E-state index contributed by atoms with van der Waals surface area (Å²) in [5, 5.41) is 10.1. The number of carbonyl (C=O) groups is 1. The molecule has 0 radical (unpaired) electrons. The molecule has 2 rings (SSSR count). The lowest BCUT2D eigenvalue weighted by Gasteiger charge is -2.09. The van der Waals surface area contributed by atoms with Crippen molar-refractivity contribution in [3.05, 3.63) is 41.7 Å². The SMILES string of the molecule is CNCCNC(=O)c1ccn(-c2cc(C)ccc2OC)n1.Cl. The van der Waals surface area contributed by atoms with E-state index < -0.39 is 0 Å². The van der Waals surface area contributed by atoms with Crippen molar-refractivity contribution >= 4 is 18.3 Å². The highest BCUT2D eigenvalue weighted by Crippen LogP contribution is 2.23. The standard InChI is InChI=1S/C15H20N4O2.ClH/c1-11-4-5-14(21-3)13(10-11)19-9-6-12(18-19)15(20)17-8-7-16-2;/h4-6,9-10,16H,7-8H2,1-3H3,(H,17,20);1H. The second-order valence-corrected chi connectivity index (χ2v) is 4.68. The highest BCUT2D eigenvalue weighted by atomic mass is 35.5. The van der Waals surface area contributed by atoms with Gasteiger partial charge in [-0.2, -0.15) is 5.10 Å². The van der Waals surface area contributed by atoms with E-state index in [9.17, 15) is 4.79 Å². The number of nitrogens with zero attached hydrogens (tertiary/aromatic N) is 2. The van der Waals surface area contributed by atoms with Gasteiger partial charge >= 0.3 is 0 Å². The molecule has 120 valence electrons. The number of rotatable bonds is 6. The molecule has 7 heteroatoms. The molecular weight excluding hydrogens is 304 g/mol. The molecule has 0 atom stereocenters. The molecule has 0 saturated carbocycles. The number of hydrogen-bond acceptors (Lipinski definition) is 4. The second-order valence-electron chi connectivity index (χ2n) is 4.68. The fourth-order valence-corrected chi connectivity index (χ4v) is 1.95. The van der Waals surface area contributed by atoms with Gasteiger partial charge in [-0.05, 0) is 37.7 Å². The molecule has 6 nitrogen and oxygen atoms in total. The number of hydrogen-bond donors (Lipinski definition) is 2. The molecule has 2 aromatic rings. The van der Waals surface area contributed by atoms with Gasteiger partial charge in [0, 0.05) is 19.3 Å². The van der Waals surface area contributed by atoms with Crippen LogP contribution < -0.4 is 15.4 Å². The highest BCUT2D eigenvalue weighted by Gasteiger charge is 2.12. The van der Waals surface area contributed by atoms with Crippen LogP contribution in [0.4, 0.5) is 0 Å². The van der Waals surface area contributed by atoms with E-state index in [4.69, 9.17) is 4.74 Å². The second kappa shape index (κ2) is 8.41. The molecule has 22 heavy (non-hydrogen) atoms. The van der Waals surface area contributed by atoms with Crippen molar-refractivity contribution in [3.63, 3.8) is 0 Å². The van der Waals surface area contributed by atoms with Gasteiger partial charge in [-0.25, -0.2) is 4.68 Å². The van der Waals surface area contributed by atoms with Crippen LogP contribution >= 0.6 is 12.4 Å². The quantitative estimate of drug-likeness (QED) is 0.791. The largest absolute Gasteiger partial charge is 0.494 e. The first-order chi connectivity index (χ1) is 10.2. The van der Waals surface area contributed by atoms with Gasteiger partial charge in [0.05, 0.1) is 7.11 Å². The Morgan fingerprint density at radius 2 is 2.09 bits per heavy atom. The van der Waals surface area contributed by atoms with Crippen molar-refractivity contribution in [1.29, 1.82) is 0 Å². The van der Waals surface area contributed by atoms with E-state index in [0.29, 0.717) is 18.0 Å². The molecule has 1 heterocycles. The predicted molar refractivity (Wildman–Crippen MR) is 88.4 cm³/mol. The summed E-state index contributed by atoms with van der Waals surface area (Å²) in [6.45, 7) is 3.28. The number of likely N-dealkylation sites (N-methyl/N-ethyl adjacent to an activating group) is 1. The Bertz CT molecular complexity index is 628. The van der Waals surface area contributed by atoms with Crippen molar-refractivity contribution in [1.82, 2.24) is 20.4 Å². The van der Waals surface area contributed by atoms with Gasteiger partial charge in [-0.3, -0.25) is 4.79 Å². The van der Waals surface area contributed by atoms with E-state index in [1.807, 2.05) is 32.2 Å². The van der Waals surface area contributed by atoms with Crippen LogP contribution in [0.3, 0.4) is 0 Å². The van der Waals surface area contributed by atoms with Crippen molar-refractivity contribution in [2.24, 2.45) is 0 Å². The zero-order valence-electron chi connectivity index (χ0n) is 12.9. The first-order valence-corrected chi connectivity index (χ1v) is 6.79. The normalized spacial score (nSPS) is 9.95. The summed E-state index contributed by atoms with van der Waals surface area (Å²) in [6.07, 6.45) is 1.75. The monoisotopic (exact) mass is 324 g/mol. The van der Waals surface area contributed by atoms with Gasteiger partial charge < -0.3 is 15.4 Å². The number of nitrogens with one attached hydrogen (secondary N) is 2. The summed E-state index contributed by atoms with van der Waals surface area (Å²) in [5.74, 6) is 0.529. The van der Waals surface area contributed by atoms with Crippen LogP contribution in [-0.4, -0.2) is 42.9 Å². The third kappa shape index (κ3) is 4.22. The topological polar surface area (TPSA) is 68.2 Å². The highest BCUT2D eigenvalue weighted by molar-refractivity contribution is 5.92.